The van der Waals surface area contributed by atoms with Gasteiger partial charge in [-0.3, -0.25) is 9.79 Å². The molecule has 0 spiro atoms. The zero-order valence-corrected chi connectivity index (χ0v) is 9.08. The van der Waals surface area contributed by atoms with Crippen LogP contribution in [0.4, 0.5) is 0 Å². The lowest BCUT2D eigenvalue weighted by atomic mass is 10.2. The monoisotopic (exact) mass is 223 g/mol. The van der Waals surface area contributed by atoms with Crippen LogP contribution in [0.25, 0.3) is 0 Å². The minimum Gasteiger partial charge on any atom is -0.327 e. The zero-order valence-electron chi connectivity index (χ0n) is 7.45. The van der Waals surface area contributed by atoms with Crippen molar-refractivity contribution in [2.75, 3.05) is 12.3 Å². The molecule has 4 nitrogen and oxygen atoms in total. The van der Waals surface area contributed by atoms with Gasteiger partial charge in [-0.2, -0.15) is 0 Å². The summed E-state index contributed by atoms with van der Waals surface area (Å²) in [6.45, 7) is 2.61. The van der Waals surface area contributed by atoms with Gasteiger partial charge in [0.25, 0.3) is 0 Å². The molecule has 1 unspecified atom stereocenters. The maximum atomic E-state index is 11.1. The van der Waals surface area contributed by atoms with Gasteiger partial charge < -0.3 is 11.1 Å². The lowest BCUT2D eigenvalue weighted by Crippen LogP contribution is -2.32. The molecule has 1 amide bonds. The van der Waals surface area contributed by atoms with E-state index in [-0.39, 0.29) is 24.4 Å². The maximum absolute atomic E-state index is 11.1. The molecular weight excluding hydrogens is 210 g/mol. The van der Waals surface area contributed by atoms with E-state index in [1.807, 2.05) is 6.92 Å². The van der Waals surface area contributed by atoms with Crippen LogP contribution < -0.4 is 11.1 Å². The van der Waals surface area contributed by atoms with Gasteiger partial charge in [-0.05, 0) is 6.92 Å². The van der Waals surface area contributed by atoms with Gasteiger partial charge >= 0.3 is 0 Å². The van der Waals surface area contributed by atoms with Gasteiger partial charge in [0.1, 0.15) is 0 Å². The molecule has 0 aromatic carbocycles. The normalized spacial score (nSPS) is 17.2. The largest absolute Gasteiger partial charge is 0.327 e. The van der Waals surface area contributed by atoms with Gasteiger partial charge in [0.05, 0.1) is 6.54 Å². The summed E-state index contributed by atoms with van der Waals surface area (Å²) in [5, 5.41) is 3.44. The third-order valence-electron chi connectivity index (χ3n) is 1.34. The Balaban J connectivity index is 0.00000144. The molecule has 3 N–H and O–H groups in total. The van der Waals surface area contributed by atoms with Gasteiger partial charge in [-0.1, -0.05) is 11.8 Å². The quantitative estimate of drug-likeness (QED) is 0.711. The van der Waals surface area contributed by atoms with E-state index in [0.717, 1.165) is 17.5 Å². The average Bonchev–Trinajstić information content (AvgIpc) is 2.37. The number of rotatable bonds is 2. The summed E-state index contributed by atoms with van der Waals surface area (Å²) in [6.07, 6.45) is 0.361. The molecule has 1 atom stereocenters. The number of carbonyl (C=O) groups is 1. The van der Waals surface area contributed by atoms with E-state index in [4.69, 9.17) is 5.73 Å². The molecule has 0 saturated heterocycles. The fraction of sp³-hybridized carbons (Fsp3) is 0.714. The lowest BCUT2D eigenvalue weighted by molar-refractivity contribution is -0.119. The van der Waals surface area contributed by atoms with Gasteiger partial charge in [0.15, 0.2) is 5.17 Å². The standard InChI is InChI=1S/C7H13N3OS.ClH/c1-5(8)4-6(11)10-7-9-2-3-12-7;/h5H,2-4,8H2,1H3,(H,9,10,11);1H. The van der Waals surface area contributed by atoms with E-state index < -0.39 is 0 Å². The van der Waals surface area contributed by atoms with Crippen LogP contribution in [-0.2, 0) is 4.79 Å². The van der Waals surface area contributed by atoms with Crippen molar-refractivity contribution in [3.05, 3.63) is 0 Å². The fourth-order valence-corrected chi connectivity index (χ4v) is 1.62. The number of carbonyl (C=O) groups excluding carboxylic acids is 1. The number of nitrogens with one attached hydrogen (secondary N) is 1. The molecule has 1 aliphatic heterocycles. The Hall–Kier alpha value is -0.260. The second-order valence-electron chi connectivity index (χ2n) is 2.76. The van der Waals surface area contributed by atoms with Crippen LogP contribution >= 0.6 is 24.2 Å². The summed E-state index contributed by atoms with van der Waals surface area (Å²) in [6, 6.07) is -0.0861. The van der Waals surface area contributed by atoms with Crippen molar-refractivity contribution in [1.82, 2.24) is 5.32 Å². The van der Waals surface area contributed by atoms with Crippen molar-refractivity contribution in [1.29, 1.82) is 0 Å². The molecule has 0 fully saturated rings. The molecule has 1 rings (SSSR count). The molecule has 76 valence electrons. The highest BCUT2D eigenvalue weighted by Crippen LogP contribution is 2.08. The van der Waals surface area contributed by atoms with Crippen LogP contribution in [0.15, 0.2) is 4.99 Å². The van der Waals surface area contributed by atoms with Crippen LogP contribution in [-0.4, -0.2) is 29.4 Å². The van der Waals surface area contributed by atoms with Crippen LogP contribution in [0.3, 0.4) is 0 Å². The highest BCUT2D eigenvalue weighted by molar-refractivity contribution is 8.14. The van der Waals surface area contributed by atoms with E-state index in [2.05, 4.69) is 10.3 Å². The molecular formula is C7H14ClN3OS. The highest BCUT2D eigenvalue weighted by atomic mass is 35.5. The molecule has 1 heterocycles. The summed E-state index contributed by atoms with van der Waals surface area (Å²) < 4.78 is 0. The number of thioether (sulfide) groups is 1. The third-order valence-corrected chi connectivity index (χ3v) is 2.23. The van der Waals surface area contributed by atoms with Crippen molar-refractivity contribution < 1.29 is 4.79 Å². The number of aliphatic imine (C=N–C) groups is 1. The summed E-state index contributed by atoms with van der Waals surface area (Å²) in [5.41, 5.74) is 5.46. The number of nitrogens with zero attached hydrogens (tertiary/aromatic N) is 1. The molecule has 0 aromatic heterocycles. The molecule has 6 heteroatoms. The first-order chi connectivity index (χ1) is 5.68. The van der Waals surface area contributed by atoms with Gasteiger partial charge in [-0.25, -0.2) is 0 Å². The van der Waals surface area contributed by atoms with Crippen LogP contribution in [0.5, 0.6) is 0 Å². The fourth-order valence-electron chi connectivity index (χ4n) is 0.873. The number of amides is 1. The Morgan fingerprint density at radius 3 is 3.00 bits per heavy atom. The Labute approximate surface area is 88.1 Å². The van der Waals surface area contributed by atoms with Gasteiger partial charge in [-0.15, -0.1) is 12.4 Å². The summed E-state index contributed by atoms with van der Waals surface area (Å²) in [5.74, 6) is 0.923. The molecule has 1 aliphatic rings. The maximum Gasteiger partial charge on any atom is 0.227 e. The summed E-state index contributed by atoms with van der Waals surface area (Å²) >= 11 is 1.58. The molecule has 0 aliphatic carbocycles. The van der Waals surface area contributed by atoms with Crippen LogP contribution in [0.1, 0.15) is 13.3 Å². The molecule has 0 radical (unpaired) electrons. The number of hydrogen-bond donors (Lipinski definition) is 2. The Morgan fingerprint density at radius 2 is 2.54 bits per heavy atom. The van der Waals surface area contributed by atoms with Gasteiger partial charge in [0, 0.05) is 18.2 Å². The molecule has 0 bridgehead atoms. The number of halogens is 1. The zero-order chi connectivity index (χ0) is 8.97. The second kappa shape index (κ2) is 6.23. The second-order valence-corrected chi connectivity index (χ2v) is 3.85. The minimum absolute atomic E-state index is 0. The van der Waals surface area contributed by atoms with Crippen molar-refractivity contribution in [2.45, 2.75) is 19.4 Å². The topological polar surface area (TPSA) is 67.5 Å². The predicted octanol–water partition coefficient (Wildman–Crippen LogP) is 0.364. The number of amidine groups is 1. The van der Waals surface area contributed by atoms with Gasteiger partial charge in [0.2, 0.25) is 5.91 Å². The Kier molecular flexibility index (Phi) is 6.11. The van der Waals surface area contributed by atoms with Crippen molar-refractivity contribution in [2.24, 2.45) is 10.7 Å². The van der Waals surface area contributed by atoms with Crippen molar-refractivity contribution in [3.8, 4) is 0 Å². The third kappa shape index (κ3) is 5.13. The SMILES string of the molecule is CC(N)CC(=O)NC1=NCCS1.Cl. The number of nitrogens with two attached hydrogens (primary N) is 1. The smallest absolute Gasteiger partial charge is 0.227 e. The Morgan fingerprint density at radius 1 is 1.85 bits per heavy atom. The molecule has 0 aromatic rings. The van der Waals surface area contributed by atoms with E-state index in [1.54, 1.807) is 11.8 Å². The summed E-state index contributed by atoms with van der Waals surface area (Å²) in [7, 11) is 0. The first-order valence-corrected chi connectivity index (χ1v) is 4.89. The average molecular weight is 224 g/mol. The molecule has 0 saturated carbocycles. The molecule has 13 heavy (non-hydrogen) atoms. The first kappa shape index (κ1) is 12.7. The Bertz CT molecular complexity index is 208. The lowest BCUT2D eigenvalue weighted by Gasteiger charge is -2.05. The number of hydrogen-bond acceptors (Lipinski definition) is 4. The van der Waals surface area contributed by atoms with Crippen molar-refractivity contribution >= 4 is 35.2 Å². The highest BCUT2D eigenvalue weighted by Gasteiger charge is 2.11. The van der Waals surface area contributed by atoms with Crippen LogP contribution in [0.2, 0.25) is 0 Å². The van der Waals surface area contributed by atoms with Crippen LogP contribution in [0, 0.1) is 0 Å². The van der Waals surface area contributed by atoms with E-state index in [9.17, 15) is 4.79 Å². The van der Waals surface area contributed by atoms with E-state index in [1.165, 1.54) is 0 Å². The first-order valence-electron chi connectivity index (χ1n) is 3.91. The van der Waals surface area contributed by atoms with Crippen molar-refractivity contribution in [3.63, 3.8) is 0 Å². The van der Waals surface area contributed by atoms with E-state index >= 15 is 0 Å². The summed E-state index contributed by atoms with van der Waals surface area (Å²) in [4.78, 5) is 15.2. The predicted molar refractivity (Wildman–Crippen MR) is 58.4 cm³/mol. The van der Waals surface area contributed by atoms with E-state index in [0.29, 0.717) is 6.42 Å². The minimum atomic E-state index is -0.0861.